The lowest BCUT2D eigenvalue weighted by molar-refractivity contribution is 1.05. The van der Waals surface area contributed by atoms with Gasteiger partial charge >= 0.3 is 0 Å². The molecular weight excluding hydrogens is 291 g/mol. The third kappa shape index (κ3) is 2.62. The van der Waals surface area contributed by atoms with E-state index in [1.54, 1.807) is 24.3 Å². The van der Waals surface area contributed by atoms with Crippen molar-refractivity contribution in [2.45, 2.75) is 0 Å². The Labute approximate surface area is 106 Å². The van der Waals surface area contributed by atoms with E-state index in [1.807, 2.05) is 6.07 Å². The minimum absolute atomic E-state index is 0.390. The molecule has 0 aliphatic carbocycles. The van der Waals surface area contributed by atoms with Crippen LogP contribution in [0, 0.1) is 0 Å². The van der Waals surface area contributed by atoms with Gasteiger partial charge in [0, 0.05) is 9.50 Å². The van der Waals surface area contributed by atoms with Crippen molar-refractivity contribution in [2.24, 2.45) is 0 Å². The second-order valence-electron chi connectivity index (χ2n) is 3.09. The molecule has 0 amide bonds. The SMILES string of the molecule is Nc1ccc(Nc2ccc(Cl)cc2Br)nn1. The average molecular weight is 300 g/mol. The zero-order valence-electron chi connectivity index (χ0n) is 8.11. The summed E-state index contributed by atoms with van der Waals surface area (Å²) in [4.78, 5) is 0. The maximum Gasteiger partial charge on any atom is 0.153 e. The van der Waals surface area contributed by atoms with Crippen LogP contribution in [0.1, 0.15) is 0 Å². The first-order valence-electron chi connectivity index (χ1n) is 4.46. The number of nitrogen functional groups attached to an aromatic ring is 1. The van der Waals surface area contributed by atoms with E-state index in [0.29, 0.717) is 16.7 Å². The molecule has 0 fully saturated rings. The van der Waals surface area contributed by atoms with Gasteiger partial charge in [-0.1, -0.05) is 11.6 Å². The summed E-state index contributed by atoms with van der Waals surface area (Å²) in [5.41, 5.74) is 6.31. The molecule has 0 unspecified atom stereocenters. The number of benzene rings is 1. The van der Waals surface area contributed by atoms with Gasteiger partial charge in [-0.3, -0.25) is 0 Å². The normalized spacial score (nSPS) is 10.1. The molecule has 2 rings (SSSR count). The first-order chi connectivity index (χ1) is 7.65. The van der Waals surface area contributed by atoms with Gasteiger partial charge in [0.05, 0.1) is 5.69 Å². The smallest absolute Gasteiger partial charge is 0.153 e. The quantitative estimate of drug-likeness (QED) is 0.893. The van der Waals surface area contributed by atoms with E-state index in [-0.39, 0.29) is 0 Å². The Kier molecular flexibility index (Phi) is 3.26. The molecule has 0 radical (unpaired) electrons. The molecule has 2 aromatic rings. The van der Waals surface area contributed by atoms with Crippen LogP contribution in [0.25, 0.3) is 0 Å². The Balaban J connectivity index is 2.23. The fourth-order valence-electron chi connectivity index (χ4n) is 1.14. The number of anilines is 3. The molecule has 0 saturated heterocycles. The molecule has 4 nitrogen and oxygen atoms in total. The van der Waals surface area contributed by atoms with Gasteiger partial charge in [-0.2, -0.15) is 0 Å². The van der Waals surface area contributed by atoms with Crippen molar-refractivity contribution in [1.82, 2.24) is 10.2 Å². The Morgan fingerprint density at radius 2 is 2.00 bits per heavy atom. The molecule has 0 atom stereocenters. The average Bonchev–Trinajstić information content (AvgIpc) is 2.25. The highest BCUT2D eigenvalue weighted by molar-refractivity contribution is 9.10. The van der Waals surface area contributed by atoms with Crippen LogP contribution < -0.4 is 11.1 Å². The molecule has 1 aromatic heterocycles. The molecular formula is C10H8BrClN4. The van der Waals surface area contributed by atoms with E-state index >= 15 is 0 Å². The Morgan fingerprint density at radius 3 is 2.62 bits per heavy atom. The molecule has 0 aliphatic rings. The second-order valence-corrected chi connectivity index (χ2v) is 4.38. The highest BCUT2D eigenvalue weighted by Crippen LogP contribution is 2.27. The van der Waals surface area contributed by atoms with Gasteiger partial charge in [0.25, 0.3) is 0 Å². The molecule has 1 heterocycles. The highest BCUT2D eigenvalue weighted by Gasteiger charge is 2.02. The van der Waals surface area contributed by atoms with Crippen molar-refractivity contribution in [1.29, 1.82) is 0 Å². The summed E-state index contributed by atoms with van der Waals surface area (Å²) in [5, 5.41) is 11.4. The van der Waals surface area contributed by atoms with Gasteiger partial charge in [-0.25, -0.2) is 0 Å². The standard InChI is InChI=1S/C10H8BrClN4/c11-7-5-6(12)1-2-8(7)14-10-4-3-9(13)15-16-10/h1-5H,(H2,13,15)(H,14,16). The number of hydrogen-bond donors (Lipinski definition) is 2. The van der Waals surface area contributed by atoms with E-state index in [1.165, 1.54) is 0 Å². The Hall–Kier alpha value is -1.33. The van der Waals surface area contributed by atoms with Gasteiger partial charge in [-0.15, -0.1) is 10.2 Å². The number of nitrogens with two attached hydrogens (primary N) is 1. The van der Waals surface area contributed by atoms with E-state index in [4.69, 9.17) is 17.3 Å². The van der Waals surface area contributed by atoms with Crippen molar-refractivity contribution in [3.63, 3.8) is 0 Å². The Morgan fingerprint density at radius 1 is 1.19 bits per heavy atom. The summed E-state index contributed by atoms with van der Waals surface area (Å²) in [6.45, 7) is 0. The highest BCUT2D eigenvalue weighted by atomic mass is 79.9. The first kappa shape index (κ1) is 11.2. The minimum atomic E-state index is 0.390. The number of hydrogen-bond acceptors (Lipinski definition) is 4. The monoisotopic (exact) mass is 298 g/mol. The van der Waals surface area contributed by atoms with E-state index in [0.717, 1.165) is 10.2 Å². The van der Waals surface area contributed by atoms with Crippen molar-refractivity contribution < 1.29 is 0 Å². The van der Waals surface area contributed by atoms with Crippen molar-refractivity contribution in [3.05, 3.63) is 39.8 Å². The number of aromatic nitrogens is 2. The zero-order valence-corrected chi connectivity index (χ0v) is 10.5. The predicted molar refractivity (Wildman–Crippen MR) is 68.9 cm³/mol. The summed E-state index contributed by atoms with van der Waals surface area (Å²) < 4.78 is 0.860. The summed E-state index contributed by atoms with van der Waals surface area (Å²) in [7, 11) is 0. The molecule has 82 valence electrons. The molecule has 6 heteroatoms. The molecule has 0 aliphatic heterocycles. The minimum Gasteiger partial charge on any atom is -0.382 e. The lowest BCUT2D eigenvalue weighted by Gasteiger charge is -2.07. The molecule has 0 bridgehead atoms. The van der Waals surface area contributed by atoms with Crippen molar-refractivity contribution in [2.75, 3.05) is 11.1 Å². The third-order valence-electron chi connectivity index (χ3n) is 1.88. The number of nitrogens with one attached hydrogen (secondary N) is 1. The van der Waals surface area contributed by atoms with Crippen LogP contribution in [0.2, 0.25) is 5.02 Å². The van der Waals surface area contributed by atoms with Crippen LogP contribution in [-0.4, -0.2) is 10.2 Å². The van der Waals surface area contributed by atoms with E-state index < -0.39 is 0 Å². The van der Waals surface area contributed by atoms with Crippen LogP contribution >= 0.6 is 27.5 Å². The molecule has 0 saturated carbocycles. The number of rotatable bonds is 2. The molecule has 0 spiro atoms. The van der Waals surface area contributed by atoms with Crippen LogP contribution in [-0.2, 0) is 0 Å². The molecule has 16 heavy (non-hydrogen) atoms. The van der Waals surface area contributed by atoms with Crippen LogP contribution in [0.5, 0.6) is 0 Å². The maximum absolute atomic E-state index is 5.84. The van der Waals surface area contributed by atoms with Crippen LogP contribution in [0.15, 0.2) is 34.8 Å². The van der Waals surface area contributed by atoms with Gasteiger partial charge in [0.2, 0.25) is 0 Å². The van der Waals surface area contributed by atoms with E-state index in [9.17, 15) is 0 Å². The number of nitrogens with zero attached hydrogens (tertiary/aromatic N) is 2. The van der Waals surface area contributed by atoms with Crippen LogP contribution in [0.4, 0.5) is 17.3 Å². The van der Waals surface area contributed by atoms with Crippen molar-refractivity contribution in [3.8, 4) is 0 Å². The lowest BCUT2D eigenvalue weighted by atomic mass is 10.3. The third-order valence-corrected chi connectivity index (χ3v) is 2.77. The maximum atomic E-state index is 5.84. The largest absolute Gasteiger partial charge is 0.382 e. The van der Waals surface area contributed by atoms with Crippen molar-refractivity contribution >= 4 is 44.9 Å². The fraction of sp³-hybridized carbons (Fsp3) is 0. The van der Waals surface area contributed by atoms with Gasteiger partial charge in [0.1, 0.15) is 5.82 Å². The Bertz CT molecular complexity index is 501. The summed E-state index contributed by atoms with van der Waals surface area (Å²) in [6.07, 6.45) is 0. The molecule has 3 N–H and O–H groups in total. The van der Waals surface area contributed by atoms with Gasteiger partial charge in [-0.05, 0) is 46.3 Å². The lowest BCUT2D eigenvalue weighted by Crippen LogP contribution is -1.98. The predicted octanol–water partition coefficient (Wildman–Crippen LogP) is 3.22. The fourth-order valence-corrected chi connectivity index (χ4v) is 1.92. The second kappa shape index (κ2) is 4.67. The topological polar surface area (TPSA) is 63.8 Å². The van der Waals surface area contributed by atoms with Crippen LogP contribution in [0.3, 0.4) is 0 Å². The van der Waals surface area contributed by atoms with Gasteiger partial charge < -0.3 is 11.1 Å². The van der Waals surface area contributed by atoms with E-state index in [2.05, 4.69) is 31.4 Å². The number of halogens is 2. The van der Waals surface area contributed by atoms with Gasteiger partial charge in [0.15, 0.2) is 5.82 Å². The summed E-state index contributed by atoms with van der Waals surface area (Å²) >= 11 is 9.24. The first-order valence-corrected chi connectivity index (χ1v) is 5.63. The summed E-state index contributed by atoms with van der Waals surface area (Å²) in [6, 6.07) is 8.88. The zero-order chi connectivity index (χ0) is 11.5. The molecule has 1 aromatic carbocycles. The summed E-state index contributed by atoms with van der Waals surface area (Å²) in [5.74, 6) is 1.01.